The zero-order valence-electron chi connectivity index (χ0n) is 13.2. The molecule has 0 saturated heterocycles. The van der Waals surface area contributed by atoms with E-state index in [1.54, 1.807) is 0 Å². The lowest BCUT2D eigenvalue weighted by Crippen LogP contribution is -2.42. The monoisotopic (exact) mass is 315 g/mol. The van der Waals surface area contributed by atoms with Gasteiger partial charge in [0.25, 0.3) is 5.91 Å². The number of furan rings is 1. The lowest BCUT2D eigenvalue weighted by molar-refractivity contribution is -0.142. The normalized spacial score (nSPS) is 21.8. The highest BCUT2D eigenvalue weighted by atomic mass is 16.4. The van der Waals surface area contributed by atoms with E-state index in [1.165, 1.54) is 0 Å². The number of hydrogen-bond donors (Lipinski definition) is 2. The Morgan fingerprint density at radius 3 is 2.65 bits per heavy atom. The first-order valence-electron chi connectivity index (χ1n) is 8.09. The van der Waals surface area contributed by atoms with E-state index in [2.05, 4.69) is 5.32 Å². The van der Waals surface area contributed by atoms with Crippen molar-refractivity contribution in [1.82, 2.24) is 5.32 Å². The number of carbonyl (C=O) groups excluding carboxylic acids is 1. The highest BCUT2D eigenvalue weighted by molar-refractivity contribution is 5.99. The van der Waals surface area contributed by atoms with Crippen LogP contribution in [0.25, 0.3) is 11.0 Å². The van der Waals surface area contributed by atoms with Crippen molar-refractivity contribution in [3.8, 4) is 0 Å². The van der Waals surface area contributed by atoms with E-state index in [0.717, 1.165) is 30.2 Å². The fourth-order valence-corrected chi connectivity index (χ4v) is 3.40. The molecule has 0 spiro atoms. The Kier molecular flexibility index (Phi) is 4.37. The molecular formula is C18H21NO4. The van der Waals surface area contributed by atoms with Gasteiger partial charge in [-0.15, -0.1) is 0 Å². The van der Waals surface area contributed by atoms with Gasteiger partial charge in [0.15, 0.2) is 5.76 Å². The van der Waals surface area contributed by atoms with Crippen LogP contribution in [0, 0.1) is 12.8 Å². The molecule has 1 heterocycles. The minimum absolute atomic E-state index is 0.277. The third-order valence-electron chi connectivity index (χ3n) is 4.70. The van der Waals surface area contributed by atoms with Crippen LogP contribution in [0.15, 0.2) is 28.7 Å². The fourth-order valence-electron chi connectivity index (χ4n) is 3.40. The first kappa shape index (κ1) is 15.6. The molecule has 0 aliphatic heterocycles. The van der Waals surface area contributed by atoms with Crippen molar-refractivity contribution in [3.05, 3.63) is 35.6 Å². The Bertz CT molecular complexity index is 734. The number of carboxylic acid groups (broad SMARTS) is 1. The van der Waals surface area contributed by atoms with Crippen LogP contribution in [0.2, 0.25) is 0 Å². The molecule has 1 aliphatic carbocycles. The van der Waals surface area contributed by atoms with Crippen molar-refractivity contribution < 1.29 is 19.1 Å². The van der Waals surface area contributed by atoms with Gasteiger partial charge in [0, 0.05) is 17.0 Å². The predicted molar refractivity (Wildman–Crippen MR) is 86.4 cm³/mol. The molecule has 3 rings (SSSR count). The molecule has 1 aromatic carbocycles. The molecule has 2 N–H and O–H groups in total. The Balaban J connectivity index is 1.84. The maximum atomic E-state index is 12.6. The molecule has 1 fully saturated rings. The molecule has 2 aromatic rings. The minimum atomic E-state index is -0.835. The van der Waals surface area contributed by atoms with Crippen LogP contribution in [0.4, 0.5) is 0 Å². The average Bonchev–Trinajstić information content (AvgIpc) is 2.71. The molecule has 1 amide bonds. The van der Waals surface area contributed by atoms with Crippen LogP contribution in [0.1, 0.15) is 48.2 Å². The summed E-state index contributed by atoms with van der Waals surface area (Å²) in [7, 11) is 0. The van der Waals surface area contributed by atoms with Gasteiger partial charge in [-0.2, -0.15) is 0 Å². The number of amides is 1. The second-order valence-corrected chi connectivity index (χ2v) is 6.22. The standard InChI is InChI=1S/C18H21NO4/c1-11-12-7-5-6-10-15(12)23-16(11)17(20)19-14-9-4-2-3-8-13(14)18(21)22/h5-7,10,13-14H,2-4,8-9H2,1H3,(H,19,20)(H,21,22)/t13-,14+/m1/s1. The number of aliphatic carboxylic acids is 1. The minimum Gasteiger partial charge on any atom is -0.481 e. The lowest BCUT2D eigenvalue weighted by atomic mass is 9.94. The zero-order valence-corrected chi connectivity index (χ0v) is 13.2. The summed E-state index contributed by atoms with van der Waals surface area (Å²) in [6.07, 6.45) is 4.15. The molecule has 0 radical (unpaired) electrons. The number of hydrogen-bond acceptors (Lipinski definition) is 3. The molecule has 2 atom stereocenters. The maximum Gasteiger partial charge on any atom is 0.308 e. The van der Waals surface area contributed by atoms with E-state index in [9.17, 15) is 14.7 Å². The predicted octanol–water partition coefficient (Wildman–Crippen LogP) is 3.50. The number of rotatable bonds is 3. The Labute approximate surface area is 134 Å². The largest absolute Gasteiger partial charge is 0.481 e. The fraction of sp³-hybridized carbons (Fsp3) is 0.444. The Morgan fingerprint density at radius 2 is 1.91 bits per heavy atom. The number of carbonyl (C=O) groups is 2. The average molecular weight is 315 g/mol. The topological polar surface area (TPSA) is 79.5 Å². The van der Waals surface area contributed by atoms with Crippen LogP contribution >= 0.6 is 0 Å². The summed E-state index contributed by atoms with van der Waals surface area (Å²) in [6, 6.07) is 7.16. The van der Waals surface area contributed by atoms with Gasteiger partial charge in [0.1, 0.15) is 5.58 Å². The van der Waals surface area contributed by atoms with Crippen molar-refractivity contribution >= 4 is 22.8 Å². The van der Waals surface area contributed by atoms with Crippen LogP contribution in [0.5, 0.6) is 0 Å². The maximum absolute atomic E-state index is 12.6. The molecule has 23 heavy (non-hydrogen) atoms. The summed E-state index contributed by atoms with van der Waals surface area (Å²) in [5.41, 5.74) is 1.46. The Hall–Kier alpha value is -2.30. The van der Waals surface area contributed by atoms with E-state index in [0.29, 0.717) is 18.4 Å². The molecule has 1 saturated carbocycles. The van der Waals surface area contributed by atoms with Crippen molar-refractivity contribution in [2.75, 3.05) is 0 Å². The van der Waals surface area contributed by atoms with Crippen molar-refractivity contribution in [3.63, 3.8) is 0 Å². The third kappa shape index (κ3) is 3.09. The summed E-state index contributed by atoms with van der Waals surface area (Å²) in [4.78, 5) is 24.1. The summed E-state index contributed by atoms with van der Waals surface area (Å²) >= 11 is 0. The lowest BCUT2D eigenvalue weighted by Gasteiger charge is -2.22. The van der Waals surface area contributed by atoms with Crippen LogP contribution in [-0.2, 0) is 4.79 Å². The summed E-state index contributed by atoms with van der Waals surface area (Å²) in [5, 5.41) is 13.2. The number of fused-ring (bicyclic) bond motifs is 1. The number of nitrogens with one attached hydrogen (secondary N) is 1. The molecule has 0 unspecified atom stereocenters. The number of aryl methyl sites for hydroxylation is 1. The van der Waals surface area contributed by atoms with Gasteiger partial charge in [-0.05, 0) is 25.8 Å². The first-order valence-corrected chi connectivity index (χ1v) is 8.09. The SMILES string of the molecule is Cc1c(C(=O)N[C@H]2CCCCC[C@H]2C(=O)O)oc2ccccc12. The summed E-state index contributed by atoms with van der Waals surface area (Å²) in [6.45, 7) is 1.85. The molecular weight excluding hydrogens is 294 g/mol. The smallest absolute Gasteiger partial charge is 0.308 e. The van der Waals surface area contributed by atoms with E-state index >= 15 is 0 Å². The van der Waals surface area contributed by atoms with Crippen molar-refractivity contribution in [2.45, 2.75) is 45.1 Å². The van der Waals surface area contributed by atoms with E-state index in [1.807, 2.05) is 31.2 Å². The second kappa shape index (κ2) is 6.44. The number of para-hydroxylation sites is 1. The van der Waals surface area contributed by atoms with Crippen LogP contribution in [0.3, 0.4) is 0 Å². The molecule has 1 aliphatic rings. The number of benzene rings is 1. The highest BCUT2D eigenvalue weighted by Gasteiger charge is 2.31. The van der Waals surface area contributed by atoms with Crippen LogP contribution < -0.4 is 5.32 Å². The van der Waals surface area contributed by atoms with Gasteiger partial charge in [-0.3, -0.25) is 9.59 Å². The third-order valence-corrected chi connectivity index (χ3v) is 4.70. The van der Waals surface area contributed by atoms with Crippen molar-refractivity contribution in [2.24, 2.45) is 5.92 Å². The summed E-state index contributed by atoms with van der Waals surface area (Å²) < 4.78 is 5.67. The van der Waals surface area contributed by atoms with Gasteiger partial charge in [0.2, 0.25) is 0 Å². The molecule has 0 bridgehead atoms. The molecule has 5 heteroatoms. The molecule has 122 valence electrons. The van der Waals surface area contributed by atoms with Gasteiger partial charge in [-0.1, -0.05) is 37.5 Å². The second-order valence-electron chi connectivity index (χ2n) is 6.22. The van der Waals surface area contributed by atoms with Crippen LogP contribution in [-0.4, -0.2) is 23.0 Å². The quantitative estimate of drug-likeness (QED) is 0.850. The van der Waals surface area contributed by atoms with Crippen molar-refractivity contribution in [1.29, 1.82) is 0 Å². The summed E-state index contributed by atoms with van der Waals surface area (Å²) in [5.74, 6) is -1.40. The molecule has 5 nitrogen and oxygen atoms in total. The molecule has 1 aromatic heterocycles. The van der Waals surface area contributed by atoms with Gasteiger partial charge in [0.05, 0.1) is 5.92 Å². The van der Waals surface area contributed by atoms with E-state index < -0.39 is 11.9 Å². The van der Waals surface area contributed by atoms with E-state index in [-0.39, 0.29) is 17.7 Å². The first-order chi connectivity index (χ1) is 11.1. The van der Waals surface area contributed by atoms with E-state index in [4.69, 9.17) is 4.42 Å². The zero-order chi connectivity index (χ0) is 16.4. The highest BCUT2D eigenvalue weighted by Crippen LogP contribution is 2.27. The number of carboxylic acids is 1. The van der Waals surface area contributed by atoms with Gasteiger partial charge < -0.3 is 14.8 Å². The van der Waals surface area contributed by atoms with Gasteiger partial charge >= 0.3 is 5.97 Å². The Morgan fingerprint density at radius 1 is 1.17 bits per heavy atom. The van der Waals surface area contributed by atoms with Gasteiger partial charge in [-0.25, -0.2) is 0 Å².